The minimum Gasteiger partial charge on any atom is -0.357 e. The minimum atomic E-state index is -1.15. The lowest BCUT2D eigenvalue weighted by atomic mass is 10.0. The van der Waals surface area contributed by atoms with Crippen LogP contribution in [-0.4, -0.2) is 28.3 Å². The molecule has 3 N–H and O–H groups in total. The predicted octanol–water partition coefficient (Wildman–Crippen LogP) is 2.76. The number of carbonyl (C=O) groups is 3. The number of amides is 3. The largest absolute Gasteiger partial charge is 0.357 e. The highest BCUT2D eigenvalue weighted by molar-refractivity contribution is 8.05. The van der Waals surface area contributed by atoms with Crippen molar-refractivity contribution in [3.05, 3.63) is 71.1 Å². The number of rotatable bonds is 5. The molecule has 2 heterocycles. The average molecular weight is 453 g/mol. The van der Waals surface area contributed by atoms with E-state index in [4.69, 9.17) is 12.2 Å². The van der Waals surface area contributed by atoms with E-state index in [-0.39, 0.29) is 11.0 Å². The first-order valence-electron chi connectivity index (χ1n) is 9.75. The monoisotopic (exact) mass is 452 g/mol. The van der Waals surface area contributed by atoms with Crippen LogP contribution in [0.15, 0.2) is 65.6 Å². The molecule has 9 heteroatoms. The Morgan fingerprint density at radius 1 is 1.10 bits per heavy atom. The molecule has 0 unspecified atom stereocenters. The zero-order valence-corrected chi connectivity index (χ0v) is 18.3. The molecule has 0 bridgehead atoms. The van der Waals surface area contributed by atoms with Gasteiger partial charge in [-0.05, 0) is 54.5 Å². The lowest BCUT2D eigenvalue weighted by Crippen LogP contribution is -2.57. The first-order valence-corrected chi connectivity index (χ1v) is 11.0. The Hall–Kier alpha value is -3.17. The summed E-state index contributed by atoms with van der Waals surface area (Å²) in [7, 11) is 0. The number of anilines is 2. The van der Waals surface area contributed by atoms with Gasteiger partial charge in [0.05, 0.1) is 10.6 Å². The Labute approximate surface area is 189 Å². The molecule has 2 aromatic rings. The van der Waals surface area contributed by atoms with E-state index in [0.29, 0.717) is 10.6 Å². The second-order valence-electron chi connectivity index (χ2n) is 6.98. The van der Waals surface area contributed by atoms with Crippen LogP contribution in [-0.2, 0) is 20.8 Å². The number of nitrogens with one attached hydrogen (secondary N) is 3. The molecule has 7 nitrogen and oxygen atoms in total. The van der Waals surface area contributed by atoms with Crippen molar-refractivity contribution in [2.45, 2.75) is 18.8 Å². The van der Waals surface area contributed by atoms with E-state index in [2.05, 4.69) is 22.9 Å². The van der Waals surface area contributed by atoms with Gasteiger partial charge in [-0.25, -0.2) is 0 Å². The van der Waals surface area contributed by atoms with E-state index in [0.717, 1.165) is 12.1 Å². The van der Waals surface area contributed by atoms with Gasteiger partial charge in [0.2, 0.25) is 11.8 Å². The van der Waals surface area contributed by atoms with Crippen LogP contribution in [0.1, 0.15) is 12.5 Å². The Bertz CT molecular complexity index is 1070. The number of hydrogen-bond donors (Lipinski definition) is 3. The van der Waals surface area contributed by atoms with Crippen molar-refractivity contribution in [1.82, 2.24) is 10.6 Å². The lowest BCUT2D eigenvalue weighted by molar-refractivity contribution is -0.131. The summed E-state index contributed by atoms with van der Waals surface area (Å²) in [5.41, 5.74) is 2.24. The standard InChI is InChI=1S/C22H20N4O3S2/c1-2-13-8-10-14(11-9-13)23-21-24-19(28)17(31-21)12-16-18(27)25-22(30)26(20(16)29)15-6-4-3-5-7-15/h3-12,16,21,23H,2H2,1H3,(H,24,28)(H,25,27,30)/b17-12-/t16-,21+/m1/s1. The summed E-state index contributed by atoms with van der Waals surface area (Å²) in [6.45, 7) is 2.08. The fraction of sp³-hybridized carbons (Fsp3) is 0.182. The molecule has 2 atom stereocenters. The summed E-state index contributed by atoms with van der Waals surface area (Å²) in [5, 5.41) is 8.62. The van der Waals surface area contributed by atoms with Gasteiger partial charge in [-0.15, -0.1) is 0 Å². The van der Waals surface area contributed by atoms with E-state index in [9.17, 15) is 14.4 Å². The number of thiocarbonyl (C=S) groups is 1. The first-order chi connectivity index (χ1) is 15.0. The van der Waals surface area contributed by atoms with Crippen LogP contribution in [0.3, 0.4) is 0 Å². The highest BCUT2D eigenvalue weighted by Gasteiger charge is 2.40. The number of hydrogen-bond acceptors (Lipinski definition) is 6. The molecule has 2 aliphatic heterocycles. The molecule has 31 heavy (non-hydrogen) atoms. The number of thioether (sulfide) groups is 1. The van der Waals surface area contributed by atoms with E-state index < -0.39 is 23.2 Å². The maximum atomic E-state index is 13.1. The van der Waals surface area contributed by atoms with E-state index in [1.165, 1.54) is 28.3 Å². The SMILES string of the molecule is CCc1ccc(N[C@H]2NC(=O)/C(=C/[C@@H]3C(=O)NC(=S)N(c4ccccc4)C3=O)S2)cc1. The molecule has 2 aliphatic rings. The van der Waals surface area contributed by atoms with Gasteiger partial charge in [-0.3, -0.25) is 19.3 Å². The van der Waals surface area contributed by atoms with Gasteiger partial charge in [-0.2, -0.15) is 0 Å². The third-order valence-electron chi connectivity index (χ3n) is 4.93. The molecule has 158 valence electrons. The topological polar surface area (TPSA) is 90.5 Å². The van der Waals surface area contributed by atoms with Crippen LogP contribution in [0.4, 0.5) is 11.4 Å². The van der Waals surface area contributed by atoms with Crippen molar-refractivity contribution in [2.24, 2.45) is 5.92 Å². The summed E-state index contributed by atoms with van der Waals surface area (Å²) < 4.78 is 0. The molecule has 2 aromatic carbocycles. The maximum absolute atomic E-state index is 13.1. The van der Waals surface area contributed by atoms with Crippen molar-refractivity contribution < 1.29 is 14.4 Å². The van der Waals surface area contributed by atoms with Crippen molar-refractivity contribution >= 4 is 58.2 Å². The molecule has 4 rings (SSSR count). The second-order valence-corrected chi connectivity index (χ2v) is 8.51. The zero-order valence-electron chi connectivity index (χ0n) is 16.6. The fourth-order valence-electron chi connectivity index (χ4n) is 3.28. The maximum Gasteiger partial charge on any atom is 0.259 e. The third-order valence-corrected chi connectivity index (χ3v) is 6.26. The Morgan fingerprint density at radius 2 is 1.81 bits per heavy atom. The van der Waals surface area contributed by atoms with Crippen LogP contribution in [0, 0.1) is 5.92 Å². The normalized spacial score (nSPS) is 22.5. The molecular formula is C22H20N4O3S2. The third kappa shape index (κ3) is 4.47. The number of carbonyl (C=O) groups excluding carboxylic acids is 3. The smallest absolute Gasteiger partial charge is 0.259 e. The van der Waals surface area contributed by atoms with Gasteiger partial charge in [0.25, 0.3) is 5.91 Å². The van der Waals surface area contributed by atoms with Crippen molar-refractivity contribution in [2.75, 3.05) is 10.2 Å². The highest BCUT2D eigenvalue weighted by Crippen LogP contribution is 2.31. The Balaban J connectivity index is 1.51. The molecule has 0 aliphatic carbocycles. The van der Waals surface area contributed by atoms with Gasteiger partial charge in [-0.1, -0.05) is 49.0 Å². The van der Waals surface area contributed by atoms with Crippen LogP contribution in [0.5, 0.6) is 0 Å². The van der Waals surface area contributed by atoms with Crippen LogP contribution in [0.2, 0.25) is 0 Å². The number of nitrogens with zero attached hydrogens (tertiary/aromatic N) is 1. The molecule has 2 fully saturated rings. The predicted molar refractivity (Wildman–Crippen MR) is 125 cm³/mol. The molecular weight excluding hydrogens is 432 g/mol. The van der Waals surface area contributed by atoms with Crippen LogP contribution in [0.25, 0.3) is 0 Å². The number of benzene rings is 2. The van der Waals surface area contributed by atoms with E-state index >= 15 is 0 Å². The molecule has 3 amide bonds. The molecule has 0 aromatic heterocycles. The fourth-order valence-corrected chi connectivity index (χ4v) is 4.57. The van der Waals surface area contributed by atoms with Gasteiger partial charge in [0.15, 0.2) is 10.6 Å². The Kier molecular flexibility index (Phi) is 6.06. The summed E-state index contributed by atoms with van der Waals surface area (Å²) in [5.74, 6) is -2.53. The summed E-state index contributed by atoms with van der Waals surface area (Å²) in [6.07, 6.45) is 2.35. The van der Waals surface area contributed by atoms with Gasteiger partial charge < -0.3 is 16.0 Å². The minimum absolute atomic E-state index is 0.0226. The molecule has 0 spiro atoms. The van der Waals surface area contributed by atoms with E-state index in [1.54, 1.807) is 24.3 Å². The summed E-state index contributed by atoms with van der Waals surface area (Å²) in [4.78, 5) is 39.6. The number of aryl methyl sites for hydroxylation is 1. The van der Waals surface area contributed by atoms with Crippen molar-refractivity contribution in [1.29, 1.82) is 0 Å². The number of para-hydroxylation sites is 1. The van der Waals surface area contributed by atoms with E-state index in [1.807, 2.05) is 30.3 Å². The van der Waals surface area contributed by atoms with Gasteiger partial charge in [0.1, 0.15) is 5.92 Å². The van der Waals surface area contributed by atoms with Crippen LogP contribution < -0.4 is 20.9 Å². The summed E-state index contributed by atoms with van der Waals surface area (Å²) in [6, 6.07) is 16.8. The molecule has 2 saturated heterocycles. The molecule has 0 saturated carbocycles. The first kappa shape index (κ1) is 21.1. The van der Waals surface area contributed by atoms with Crippen molar-refractivity contribution in [3.63, 3.8) is 0 Å². The van der Waals surface area contributed by atoms with Gasteiger partial charge >= 0.3 is 0 Å². The quantitative estimate of drug-likeness (QED) is 0.367. The zero-order chi connectivity index (χ0) is 22.0. The Morgan fingerprint density at radius 3 is 2.48 bits per heavy atom. The molecule has 0 radical (unpaired) electrons. The summed E-state index contributed by atoms with van der Waals surface area (Å²) >= 11 is 6.41. The van der Waals surface area contributed by atoms with Crippen LogP contribution >= 0.6 is 24.0 Å². The lowest BCUT2D eigenvalue weighted by Gasteiger charge is -2.31. The second kappa shape index (κ2) is 8.91. The average Bonchev–Trinajstić information content (AvgIpc) is 3.11. The van der Waals surface area contributed by atoms with Gasteiger partial charge in [0, 0.05) is 5.69 Å². The highest BCUT2D eigenvalue weighted by atomic mass is 32.2. The van der Waals surface area contributed by atoms with Crippen molar-refractivity contribution in [3.8, 4) is 0 Å².